The Labute approximate surface area is 167 Å². The molecule has 3 rings (SSSR count). The van der Waals surface area contributed by atoms with Crippen LogP contribution < -0.4 is 4.72 Å². The fourth-order valence-electron chi connectivity index (χ4n) is 3.55. The highest BCUT2D eigenvalue weighted by molar-refractivity contribution is 7.89. The van der Waals surface area contributed by atoms with Crippen LogP contribution >= 0.6 is 11.3 Å². The first kappa shape index (κ1) is 20.5. The van der Waals surface area contributed by atoms with Crippen LogP contribution in [-0.2, 0) is 10.0 Å². The molecule has 1 aromatic carbocycles. The summed E-state index contributed by atoms with van der Waals surface area (Å²) in [6.45, 7) is 10.1. The second-order valence-electron chi connectivity index (χ2n) is 7.47. The van der Waals surface area contributed by atoms with Crippen molar-refractivity contribution < 1.29 is 8.42 Å². The predicted molar refractivity (Wildman–Crippen MR) is 112 cm³/mol. The predicted octanol–water partition coefficient (Wildman–Crippen LogP) is 2.94. The largest absolute Gasteiger partial charge is 0.304 e. The lowest BCUT2D eigenvalue weighted by Crippen LogP contribution is -2.48. The van der Waals surface area contributed by atoms with Gasteiger partial charge in [-0.15, -0.1) is 0 Å². The van der Waals surface area contributed by atoms with Gasteiger partial charge in [0.2, 0.25) is 10.0 Å². The van der Waals surface area contributed by atoms with Crippen LogP contribution in [0.2, 0.25) is 0 Å². The molecule has 7 heteroatoms. The molecule has 0 radical (unpaired) electrons. The number of hydrogen-bond donors (Lipinski definition) is 1. The van der Waals surface area contributed by atoms with Gasteiger partial charge in [0.25, 0.3) is 0 Å². The maximum atomic E-state index is 13.0. The quantitative estimate of drug-likeness (QED) is 0.800. The van der Waals surface area contributed by atoms with Gasteiger partial charge < -0.3 is 4.90 Å². The van der Waals surface area contributed by atoms with Gasteiger partial charge in [-0.3, -0.25) is 4.90 Å². The zero-order valence-electron chi connectivity index (χ0n) is 16.5. The van der Waals surface area contributed by atoms with Gasteiger partial charge in [0.05, 0.1) is 4.90 Å². The normalized spacial score (nSPS) is 17.9. The van der Waals surface area contributed by atoms with Crippen LogP contribution in [0.4, 0.5) is 0 Å². The van der Waals surface area contributed by atoms with Gasteiger partial charge in [0, 0.05) is 38.8 Å². The third-order valence-electron chi connectivity index (χ3n) is 5.45. The van der Waals surface area contributed by atoms with Crippen molar-refractivity contribution >= 4 is 21.4 Å². The van der Waals surface area contributed by atoms with Gasteiger partial charge in [-0.25, -0.2) is 13.1 Å². The Hall–Kier alpha value is -1.25. The van der Waals surface area contributed by atoms with Gasteiger partial charge in [-0.05, 0) is 73.0 Å². The molecule has 1 aliphatic rings. The lowest BCUT2D eigenvalue weighted by molar-refractivity contribution is 0.113. The second-order valence-corrected chi connectivity index (χ2v) is 9.98. The molecule has 1 saturated heterocycles. The maximum absolute atomic E-state index is 13.0. The molecule has 0 bridgehead atoms. The molecule has 1 unspecified atom stereocenters. The Balaban J connectivity index is 1.79. The lowest BCUT2D eigenvalue weighted by Gasteiger charge is -2.38. The Bertz CT molecular complexity index is 871. The van der Waals surface area contributed by atoms with E-state index >= 15 is 0 Å². The minimum absolute atomic E-state index is 0.0616. The van der Waals surface area contributed by atoms with Crippen molar-refractivity contribution in [1.82, 2.24) is 14.5 Å². The first-order valence-corrected chi connectivity index (χ1v) is 11.7. The Morgan fingerprint density at radius 3 is 2.37 bits per heavy atom. The Kier molecular flexibility index (Phi) is 6.38. The van der Waals surface area contributed by atoms with Gasteiger partial charge in [0.1, 0.15) is 0 Å². The van der Waals surface area contributed by atoms with Gasteiger partial charge >= 0.3 is 0 Å². The summed E-state index contributed by atoms with van der Waals surface area (Å²) < 4.78 is 28.9. The highest BCUT2D eigenvalue weighted by atomic mass is 32.2. The topological polar surface area (TPSA) is 52.7 Å². The highest BCUT2D eigenvalue weighted by Gasteiger charge is 2.27. The van der Waals surface area contributed by atoms with Crippen molar-refractivity contribution in [2.24, 2.45) is 0 Å². The molecule has 0 saturated carbocycles. The van der Waals surface area contributed by atoms with E-state index in [-0.39, 0.29) is 6.04 Å². The zero-order valence-corrected chi connectivity index (χ0v) is 18.2. The molecule has 148 valence electrons. The maximum Gasteiger partial charge on any atom is 0.240 e. The van der Waals surface area contributed by atoms with Crippen LogP contribution in [0.5, 0.6) is 0 Å². The van der Waals surface area contributed by atoms with Crippen LogP contribution in [0.3, 0.4) is 0 Å². The Morgan fingerprint density at radius 1 is 1.07 bits per heavy atom. The first-order valence-electron chi connectivity index (χ1n) is 9.30. The average molecular weight is 408 g/mol. The summed E-state index contributed by atoms with van der Waals surface area (Å²) in [7, 11) is -1.42. The molecule has 0 spiro atoms. The van der Waals surface area contributed by atoms with Crippen molar-refractivity contribution in [2.75, 3.05) is 39.8 Å². The van der Waals surface area contributed by atoms with Crippen molar-refractivity contribution in [3.05, 3.63) is 51.2 Å². The van der Waals surface area contributed by atoms with Crippen LogP contribution in [0.15, 0.2) is 33.9 Å². The molecule has 1 aromatic heterocycles. The monoisotopic (exact) mass is 407 g/mol. The molecule has 2 heterocycles. The van der Waals surface area contributed by atoms with E-state index in [2.05, 4.69) is 38.4 Å². The van der Waals surface area contributed by atoms with E-state index in [4.69, 9.17) is 0 Å². The van der Waals surface area contributed by atoms with Crippen molar-refractivity contribution in [2.45, 2.75) is 31.7 Å². The zero-order chi connectivity index (χ0) is 19.6. The number of rotatable bonds is 6. The summed E-state index contributed by atoms with van der Waals surface area (Å²) in [6, 6.07) is 5.89. The fourth-order valence-corrected chi connectivity index (χ4v) is 5.60. The van der Waals surface area contributed by atoms with E-state index in [9.17, 15) is 8.42 Å². The third-order valence-corrected chi connectivity index (χ3v) is 7.72. The molecule has 1 aliphatic heterocycles. The van der Waals surface area contributed by atoms with E-state index < -0.39 is 10.0 Å². The van der Waals surface area contributed by atoms with E-state index in [1.54, 1.807) is 17.4 Å². The second kappa shape index (κ2) is 8.41. The summed E-state index contributed by atoms with van der Waals surface area (Å²) >= 11 is 1.65. The van der Waals surface area contributed by atoms with Gasteiger partial charge in [-0.2, -0.15) is 11.3 Å². The molecular weight excluding hydrogens is 378 g/mol. The van der Waals surface area contributed by atoms with Crippen LogP contribution in [0, 0.1) is 20.8 Å². The van der Waals surface area contributed by atoms with Crippen LogP contribution in [0.1, 0.15) is 28.3 Å². The van der Waals surface area contributed by atoms with Crippen molar-refractivity contribution in [1.29, 1.82) is 0 Å². The van der Waals surface area contributed by atoms with E-state index in [0.717, 1.165) is 42.9 Å². The number of aryl methyl sites for hydroxylation is 3. The number of piperazine rings is 1. The van der Waals surface area contributed by atoms with Crippen LogP contribution in [0.25, 0.3) is 0 Å². The van der Waals surface area contributed by atoms with Crippen molar-refractivity contribution in [3.8, 4) is 0 Å². The average Bonchev–Trinajstić information content (AvgIpc) is 3.14. The van der Waals surface area contributed by atoms with E-state index in [1.807, 2.05) is 26.8 Å². The molecule has 27 heavy (non-hydrogen) atoms. The summed E-state index contributed by atoms with van der Waals surface area (Å²) in [5.41, 5.74) is 4.08. The number of nitrogens with zero attached hydrogens (tertiary/aromatic N) is 2. The molecule has 1 fully saturated rings. The number of hydrogen-bond acceptors (Lipinski definition) is 5. The molecule has 1 N–H and O–H groups in total. The van der Waals surface area contributed by atoms with Gasteiger partial charge in [0.15, 0.2) is 0 Å². The SMILES string of the molecule is Cc1cc(C)c(S(=O)(=O)NCC(c2ccsc2)N2CCN(C)CC2)cc1C. The smallest absolute Gasteiger partial charge is 0.240 e. The minimum Gasteiger partial charge on any atom is -0.304 e. The fraction of sp³-hybridized carbons (Fsp3) is 0.500. The number of nitrogens with one attached hydrogen (secondary N) is 1. The van der Waals surface area contributed by atoms with Crippen molar-refractivity contribution in [3.63, 3.8) is 0 Å². The minimum atomic E-state index is -3.55. The first-order chi connectivity index (χ1) is 12.8. The summed E-state index contributed by atoms with van der Waals surface area (Å²) in [6.07, 6.45) is 0. The standard InChI is InChI=1S/C20H29N3O2S2/c1-15-11-17(3)20(12-16(15)2)27(24,25)21-13-19(18-5-10-26-14-18)23-8-6-22(4)7-9-23/h5,10-12,14,19,21H,6-9,13H2,1-4H3. The number of sulfonamides is 1. The molecule has 5 nitrogen and oxygen atoms in total. The molecule has 0 aliphatic carbocycles. The van der Waals surface area contributed by atoms with Crippen LogP contribution in [-0.4, -0.2) is 58.0 Å². The number of benzene rings is 1. The molecular formula is C20H29N3O2S2. The Morgan fingerprint density at radius 2 is 1.74 bits per heavy atom. The van der Waals surface area contributed by atoms with E-state index in [1.165, 1.54) is 5.56 Å². The molecule has 0 amide bonds. The number of likely N-dealkylation sites (N-methyl/N-ethyl adjacent to an activating group) is 1. The van der Waals surface area contributed by atoms with Gasteiger partial charge in [-0.1, -0.05) is 6.07 Å². The summed E-state index contributed by atoms with van der Waals surface area (Å²) in [5.74, 6) is 0. The molecule has 1 atom stereocenters. The van der Waals surface area contributed by atoms with E-state index in [0.29, 0.717) is 11.4 Å². The lowest BCUT2D eigenvalue weighted by atomic mass is 10.1. The molecule has 2 aromatic rings. The highest BCUT2D eigenvalue weighted by Crippen LogP contribution is 2.25. The third kappa shape index (κ3) is 4.78. The summed E-state index contributed by atoms with van der Waals surface area (Å²) in [5, 5.41) is 4.18. The number of thiophene rings is 1. The summed E-state index contributed by atoms with van der Waals surface area (Å²) in [4.78, 5) is 5.08.